The molecule has 0 aromatic carbocycles. The van der Waals surface area contributed by atoms with E-state index in [2.05, 4.69) is 29.3 Å². The van der Waals surface area contributed by atoms with Crippen LogP contribution in [0.5, 0.6) is 0 Å². The van der Waals surface area contributed by atoms with E-state index >= 15 is 0 Å². The van der Waals surface area contributed by atoms with Gasteiger partial charge in [-0.15, -0.1) is 0 Å². The number of nitrogens with one attached hydrogen (secondary N) is 1. The summed E-state index contributed by atoms with van der Waals surface area (Å²) in [6.07, 6.45) is 7.54. The van der Waals surface area contributed by atoms with Crippen molar-refractivity contribution >= 4 is 17.5 Å². The molecule has 1 amide bonds. The van der Waals surface area contributed by atoms with Crippen LogP contribution in [0.3, 0.4) is 0 Å². The van der Waals surface area contributed by atoms with Gasteiger partial charge in [-0.05, 0) is 39.9 Å². The number of hydrogen-bond donors (Lipinski definition) is 1. The molecular formula is C16H24ClN3O. The maximum Gasteiger partial charge on any atom is 0.254 e. The van der Waals surface area contributed by atoms with Crippen LogP contribution < -0.4 is 5.32 Å². The Bertz CT molecular complexity index is 510. The Morgan fingerprint density at radius 1 is 1.38 bits per heavy atom. The van der Waals surface area contributed by atoms with Crippen molar-refractivity contribution in [1.29, 1.82) is 0 Å². The Balaban J connectivity index is 2.05. The molecule has 4 nitrogen and oxygen atoms in total. The highest BCUT2D eigenvalue weighted by molar-refractivity contribution is 6.33. The van der Waals surface area contributed by atoms with Crippen LogP contribution in [0, 0.1) is 6.92 Å². The maximum atomic E-state index is 12.3. The number of hydrogen-bond acceptors (Lipinski definition) is 3. The molecule has 1 heterocycles. The average molecular weight is 310 g/mol. The van der Waals surface area contributed by atoms with E-state index in [0.29, 0.717) is 17.1 Å². The minimum atomic E-state index is -0.140. The minimum Gasteiger partial charge on any atom is -0.350 e. The largest absolute Gasteiger partial charge is 0.350 e. The van der Waals surface area contributed by atoms with Crippen LogP contribution in [0.15, 0.2) is 12.3 Å². The number of nitrogens with zero attached hydrogens (tertiary/aromatic N) is 2. The van der Waals surface area contributed by atoms with Gasteiger partial charge in [-0.3, -0.25) is 9.78 Å². The minimum absolute atomic E-state index is 0.0680. The summed E-state index contributed by atoms with van der Waals surface area (Å²) in [5.41, 5.74) is 1.33. The van der Waals surface area contributed by atoms with Gasteiger partial charge in [0.25, 0.3) is 5.91 Å². The fourth-order valence-electron chi connectivity index (χ4n) is 3.03. The molecule has 116 valence electrons. The average Bonchev–Trinajstić information content (AvgIpc) is 2.45. The van der Waals surface area contributed by atoms with Crippen molar-refractivity contribution in [1.82, 2.24) is 15.2 Å². The smallest absolute Gasteiger partial charge is 0.254 e. The van der Waals surface area contributed by atoms with Crippen molar-refractivity contribution in [3.05, 3.63) is 28.5 Å². The molecule has 0 saturated heterocycles. The summed E-state index contributed by atoms with van der Waals surface area (Å²) < 4.78 is 0. The van der Waals surface area contributed by atoms with Gasteiger partial charge in [-0.1, -0.05) is 30.9 Å². The summed E-state index contributed by atoms with van der Waals surface area (Å²) >= 11 is 6.13. The molecule has 1 aromatic heterocycles. The Labute approximate surface area is 131 Å². The lowest BCUT2D eigenvalue weighted by molar-refractivity contribution is 0.0799. The fraction of sp³-hybridized carbons (Fsp3) is 0.625. The van der Waals surface area contributed by atoms with Gasteiger partial charge in [0.2, 0.25) is 0 Å². The summed E-state index contributed by atoms with van der Waals surface area (Å²) in [7, 11) is 4.19. The molecule has 1 aromatic rings. The van der Waals surface area contributed by atoms with E-state index < -0.39 is 0 Å². The monoisotopic (exact) mass is 309 g/mol. The fourth-order valence-corrected chi connectivity index (χ4v) is 3.32. The summed E-state index contributed by atoms with van der Waals surface area (Å²) in [5, 5.41) is 3.51. The predicted octanol–water partition coefficient (Wildman–Crippen LogP) is 3.04. The first-order valence-electron chi connectivity index (χ1n) is 7.52. The van der Waals surface area contributed by atoms with Crippen molar-refractivity contribution in [3.8, 4) is 0 Å². The summed E-state index contributed by atoms with van der Waals surface area (Å²) in [6, 6.07) is 1.72. The SMILES string of the molecule is Cc1cc(Cl)c(C(=O)NCC2(N(C)C)CCCCC2)cn1. The van der Waals surface area contributed by atoms with Crippen LogP contribution in [0.4, 0.5) is 0 Å². The molecule has 21 heavy (non-hydrogen) atoms. The number of carbonyl (C=O) groups excluding carboxylic acids is 1. The normalized spacial score (nSPS) is 17.8. The molecule has 0 aliphatic heterocycles. The van der Waals surface area contributed by atoms with E-state index in [-0.39, 0.29) is 11.4 Å². The van der Waals surface area contributed by atoms with Crippen LogP contribution in [0.2, 0.25) is 5.02 Å². The summed E-state index contributed by atoms with van der Waals surface area (Å²) in [4.78, 5) is 18.7. The lowest BCUT2D eigenvalue weighted by Gasteiger charge is -2.43. The van der Waals surface area contributed by atoms with Gasteiger partial charge in [0, 0.05) is 24.0 Å². The number of likely N-dealkylation sites (N-methyl/N-ethyl adjacent to an activating group) is 1. The Kier molecular flexibility index (Phi) is 5.22. The van der Waals surface area contributed by atoms with E-state index in [0.717, 1.165) is 18.5 Å². The van der Waals surface area contributed by atoms with Crippen LogP contribution in [-0.4, -0.2) is 42.0 Å². The van der Waals surface area contributed by atoms with Crippen LogP contribution in [-0.2, 0) is 0 Å². The number of aryl methyl sites for hydroxylation is 1. The molecule has 0 spiro atoms. The van der Waals surface area contributed by atoms with Gasteiger partial charge in [0.15, 0.2) is 0 Å². The molecule has 1 aliphatic rings. The number of amides is 1. The number of halogens is 1. The first-order chi connectivity index (χ1) is 9.94. The molecule has 5 heteroatoms. The first-order valence-corrected chi connectivity index (χ1v) is 7.90. The van der Waals surface area contributed by atoms with Gasteiger partial charge in [-0.2, -0.15) is 0 Å². The van der Waals surface area contributed by atoms with Crippen molar-refractivity contribution in [2.24, 2.45) is 0 Å². The van der Waals surface area contributed by atoms with Crippen LogP contribution in [0.1, 0.15) is 48.2 Å². The molecular weight excluding hydrogens is 286 g/mol. The highest BCUT2D eigenvalue weighted by Crippen LogP contribution is 2.31. The second kappa shape index (κ2) is 6.75. The quantitative estimate of drug-likeness (QED) is 0.930. The van der Waals surface area contributed by atoms with E-state index in [1.165, 1.54) is 19.3 Å². The lowest BCUT2D eigenvalue weighted by Crippen LogP contribution is -2.53. The lowest BCUT2D eigenvalue weighted by atomic mass is 9.80. The van der Waals surface area contributed by atoms with Crippen molar-refractivity contribution in [3.63, 3.8) is 0 Å². The molecule has 0 radical (unpaired) electrons. The second-order valence-electron chi connectivity index (χ2n) is 6.17. The van der Waals surface area contributed by atoms with Crippen molar-refractivity contribution in [2.75, 3.05) is 20.6 Å². The molecule has 1 aliphatic carbocycles. The zero-order valence-corrected chi connectivity index (χ0v) is 13.8. The number of carbonyl (C=O) groups is 1. The highest BCUT2D eigenvalue weighted by atomic mass is 35.5. The molecule has 2 rings (SSSR count). The molecule has 0 atom stereocenters. The van der Waals surface area contributed by atoms with Gasteiger partial charge < -0.3 is 10.2 Å². The molecule has 1 N–H and O–H groups in total. The number of pyridine rings is 1. The van der Waals surface area contributed by atoms with Gasteiger partial charge in [0.05, 0.1) is 10.6 Å². The topological polar surface area (TPSA) is 45.2 Å². The van der Waals surface area contributed by atoms with Crippen LogP contribution in [0.25, 0.3) is 0 Å². The molecule has 1 fully saturated rings. The zero-order valence-electron chi connectivity index (χ0n) is 13.1. The maximum absolute atomic E-state index is 12.3. The van der Waals surface area contributed by atoms with Crippen molar-refractivity contribution < 1.29 is 4.79 Å². The van der Waals surface area contributed by atoms with Crippen molar-refractivity contribution in [2.45, 2.75) is 44.6 Å². The number of aromatic nitrogens is 1. The van der Waals surface area contributed by atoms with E-state index in [1.54, 1.807) is 12.3 Å². The molecule has 0 bridgehead atoms. The third-order valence-electron chi connectivity index (χ3n) is 4.55. The molecule has 1 saturated carbocycles. The third-order valence-corrected chi connectivity index (χ3v) is 4.86. The summed E-state index contributed by atoms with van der Waals surface area (Å²) in [6.45, 7) is 2.51. The second-order valence-corrected chi connectivity index (χ2v) is 6.57. The Hall–Kier alpha value is -1.13. The Morgan fingerprint density at radius 2 is 2.05 bits per heavy atom. The third kappa shape index (κ3) is 3.74. The highest BCUT2D eigenvalue weighted by Gasteiger charge is 2.34. The van der Waals surface area contributed by atoms with Crippen LogP contribution >= 0.6 is 11.6 Å². The van der Waals surface area contributed by atoms with Gasteiger partial charge >= 0.3 is 0 Å². The van der Waals surface area contributed by atoms with E-state index in [9.17, 15) is 4.79 Å². The van der Waals surface area contributed by atoms with E-state index in [4.69, 9.17) is 11.6 Å². The zero-order chi connectivity index (χ0) is 15.5. The van der Waals surface area contributed by atoms with Gasteiger partial charge in [0.1, 0.15) is 0 Å². The standard InChI is InChI=1S/C16H24ClN3O/c1-12-9-14(17)13(10-18-12)15(21)19-11-16(20(2)3)7-5-4-6-8-16/h9-10H,4-8,11H2,1-3H3,(H,19,21). The number of rotatable bonds is 4. The van der Waals surface area contributed by atoms with E-state index in [1.807, 2.05) is 6.92 Å². The predicted molar refractivity (Wildman–Crippen MR) is 85.8 cm³/mol. The molecule has 0 unspecified atom stereocenters. The summed E-state index contributed by atoms with van der Waals surface area (Å²) in [5.74, 6) is -0.140. The first kappa shape index (κ1) is 16.2. The Morgan fingerprint density at radius 3 is 2.62 bits per heavy atom. The van der Waals surface area contributed by atoms with Gasteiger partial charge in [-0.25, -0.2) is 0 Å².